The fourth-order valence-electron chi connectivity index (χ4n) is 3.23. The fraction of sp³-hybridized carbons (Fsp3) is 0.273. The Morgan fingerprint density at radius 3 is 2.52 bits per heavy atom. The number of hydrogen-bond acceptors (Lipinski definition) is 4. The van der Waals surface area contributed by atoms with Gasteiger partial charge in [0, 0.05) is 31.9 Å². The molecule has 2 aromatic carbocycles. The zero-order valence-electron chi connectivity index (χ0n) is 16.1. The SMILES string of the molecule is CCOc1c(Cl)cc(/C=C(/C#N)C(=O)N2CCN(c3ccccc3)CC2)cc1Br. The van der Waals surface area contributed by atoms with E-state index >= 15 is 0 Å². The van der Waals surface area contributed by atoms with Crippen molar-refractivity contribution in [3.63, 3.8) is 0 Å². The molecule has 0 atom stereocenters. The van der Waals surface area contributed by atoms with Crippen LogP contribution in [0.5, 0.6) is 5.75 Å². The molecule has 2 aromatic rings. The Kier molecular flexibility index (Phi) is 7.18. The number of carbonyl (C=O) groups excluding carboxylic acids is 1. The quantitative estimate of drug-likeness (QED) is 0.463. The number of ether oxygens (including phenoxy) is 1. The lowest BCUT2D eigenvalue weighted by Gasteiger charge is -2.36. The van der Waals surface area contributed by atoms with E-state index in [-0.39, 0.29) is 11.5 Å². The predicted octanol–water partition coefficient (Wildman–Crippen LogP) is 4.76. The minimum absolute atomic E-state index is 0.0882. The third-order valence-electron chi connectivity index (χ3n) is 4.66. The molecular weight excluding hydrogens is 454 g/mol. The van der Waals surface area contributed by atoms with E-state index in [1.54, 1.807) is 23.1 Å². The third kappa shape index (κ3) is 5.11. The molecule has 150 valence electrons. The van der Waals surface area contributed by atoms with Crippen LogP contribution >= 0.6 is 27.5 Å². The van der Waals surface area contributed by atoms with Crippen molar-refractivity contribution >= 4 is 45.2 Å². The number of rotatable bonds is 5. The number of anilines is 1. The predicted molar refractivity (Wildman–Crippen MR) is 119 cm³/mol. The molecule has 1 amide bonds. The van der Waals surface area contributed by atoms with Crippen LogP contribution in [-0.4, -0.2) is 43.6 Å². The molecule has 1 saturated heterocycles. The van der Waals surface area contributed by atoms with Gasteiger partial charge in [0.1, 0.15) is 11.6 Å². The van der Waals surface area contributed by atoms with Crippen LogP contribution in [-0.2, 0) is 4.79 Å². The first-order valence-electron chi connectivity index (χ1n) is 9.36. The first kappa shape index (κ1) is 21.2. The highest BCUT2D eigenvalue weighted by atomic mass is 79.9. The van der Waals surface area contributed by atoms with Crippen molar-refractivity contribution in [1.82, 2.24) is 4.90 Å². The molecular formula is C22H21BrClN3O2. The van der Waals surface area contributed by atoms with E-state index < -0.39 is 0 Å². The van der Waals surface area contributed by atoms with Gasteiger partial charge in [-0.05, 0) is 58.8 Å². The zero-order valence-corrected chi connectivity index (χ0v) is 18.4. The molecule has 0 spiro atoms. The van der Waals surface area contributed by atoms with Crippen molar-refractivity contribution in [2.45, 2.75) is 6.92 Å². The minimum Gasteiger partial charge on any atom is -0.491 e. The first-order valence-corrected chi connectivity index (χ1v) is 10.5. The molecule has 3 rings (SSSR count). The molecule has 0 aliphatic carbocycles. The van der Waals surface area contributed by atoms with Gasteiger partial charge >= 0.3 is 0 Å². The van der Waals surface area contributed by atoms with Gasteiger partial charge in [-0.2, -0.15) is 5.26 Å². The maximum Gasteiger partial charge on any atom is 0.264 e. The van der Waals surface area contributed by atoms with Crippen LogP contribution in [0.3, 0.4) is 0 Å². The number of amides is 1. The number of halogens is 2. The van der Waals surface area contributed by atoms with Crippen molar-refractivity contribution in [3.8, 4) is 11.8 Å². The maximum absolute atomic E-state index is 12.9. The Morgan fingerprint density at radius 1 is 1.24 bits per heavy atom. The van der Waals surface area contributed by atoms with Gasteiger partial charge in [-0.25, -0.2) is 0 Å². The van der Waals surface area contributed by atoms with E-state index in [1.807, 2.05) is 31.2 Å². The molecule has 1 heterocycles. The highest BCUT2D eigenvalue weighted by molar-refractivity contribution is 9.10. The smallest absolute Gasteiger partial charge is 0.264 e. The minimum atomic E-state index is -0.263. The highest BCUT2D eigenvalue weighted by Gasteiger charge is 2.24. The maximum atomic E-state index is 12.9. The van der Waals surface area contributed by atoms with E-state index in [0.29, 0.717) is 40.5 Å². The summed E-state index contributed by atoms with van der Waals surface area (Å²) in [6, 6.07) is 15.6. The summed E-state index contributed by atoms with van der Waals surface area (Å²) < 4.78 is 6.18. The van der Waals surface area contributed by atoms with Crippen LogP contribution in [0.4, 0.5) is 5.69 Å². The summed E-state index contributed by atoms with van der Waals surface area (Å²) in [4.78, 5) is 16.8. The highest BCUT2D eigenvalue weighted by Crippen LogP contribution is 2.35. The number of benzene rings is 2. The molecule has 0 unspecified atom stereocenters. The summed E-state index contributed by atoms with van der Waals surface area (Å²) in [5.41, 5.74) is 1.90. The molecule has 5 nitrogen and oxygen atoms in total. The van der Waals surface area contributed by atoms with Gasteiger partial charge in [0.2, 0.25) is 0 Å². The van der Waals surface area contributed by atoms with E-state index in [9.17, 15) is 10.1 Å². The summed E-state index contributed by atoms with van der Waals surface area (Å²) in [5, 5.41) is 9.97. The standard InChI is InChI=1S/C22H21BrClN3O2/c1-2-29-21-19(23)13-16(14-20(21)24)12-17(15-25)22(28)27-10-8-26(9-11-27)18-6-4-3-5-7-18/h3-7,12-14H,2,8-11H2,1H3/b17-12-. The van der Waals surface area contributed by atoms with Gasteiger partial charge in [-0.1, -0.05) is 29.8 Å². The molecule has 1 aliphatic heterocycles. The second kappa shape index (κ2) is 9.82. The molecule has 0 N–H and O–H groups in total. The second-order valence-corrected chi connectivity index (χ2v) is 7.79. The second-order valence-electron chi connectivity index (χ2n) is 6.53. The average Bonchev–Trinajstić information content (AvgIpc) is 2.75. The van der Waals surface area contributed by atoms with Crippen LogP contribution < -0.4 is 9.64 Å². The Morgan fingerprint density at radius 2 is 1.93 bits per heavy atom. The summed E-state index contributed by atoms with van der Waals surface area (Å²) in [5.74, 6) is 0.287. The lowest BCUT2D eigenvalue weighted by molar-refractivity contribution is -0.126. The zero-order chi connectivity index (χ0) is 20.8. The number of hydrogen-bond donors (Lipinski definition) is 0. The Balaban J connectivity index is 1.72. The number of nitrogens with zero attached hydrogens (tertiary/aromatic N) is 3. The Bertz CT molecular complexity index is 925. The van der Waals surface area contributed by atoms with Crippen molar-refractivity contribution < 1.29 is 9.53 Å². The molecule has 1 aliphatic rings. The molecule has 29 heavy (non-hydrogen) atoms. The fourth-order valence-corrected chi connectivity index (χ4v) is 4.22. The lowest BCUT2D eigenvalue weighted by atomic mass is 10.1. The normalized spacial score (nSPS) is 14.5. The van der Waals surface area contributed by atoms with Crippen LogP contribution in [0.2, 0.25) is 5.02 Å². The molecule has 1 fully saturated rings. The van der Waals surface area contributed by atoms with Gasteiger partial charge in [0.25, 0.3) is 5.91 Å². The Hall–Kier alpha value is -2.49. The Labute approximate surface area is 184 Å². The molecule has 0 bridgehead atoms. The number of para-hydroxylation sites is 1. The summed E-state index contributed by atoms with van der Waals surface area (Å²) in [6.45, 7) is 4.97. The molecule has 0 radical (unpaired) electrons. The van der Waals surface area contributed by atoms with Gasteiger partial charge in [0.05, 0.1) is 16.1 Å². The molecule has 7 heteroatoms. The number of carbonyl (C=O) groups is 1. The number of piperazine rings is 1. The van der Waals surface area contributed by atoms with Gasteiger partial charge in [0.15, 0.2) is 5.75 Å². The summed E-state index contributed by atoms with van der Waals surface area (Å²) in [6.07, 6.45) is 1.57. The molecule has 0 saturated carbocycles. The monoisotopic (exact) mass is 473 g/mol. The number of nitriles is 1. The third-order valence-corrected chi connectivity index (χ3v) is 5.53. The first-order chi connectivity index (χ1) is 14.0. The lowest BCUT2D eigenvalue weighted by Crippen LogP contribution is -2.49. The summed E-state index contributed by atoms with van der Waals surface area (Å²) in [7, 11) is 0. The van der Waals surface area contributed by atoms with Crippen molar-refractivity contribution in [1.29, 1.82) is 5.26 Å². The van der Waals surface area contributed by atoms with Gasteiger partial charge < -0.3 is 14.5 Å². The topological polar surface area (TPSA) is 56.6 Å². The summed E-state index contributed by atoms with van der Waals surface area (Å²) >= 11 is 9.71. The van der Waals surface area contributed by atoms with Gasteiger partial charge in [-0.3, -0.25) is 4.79 Å². The van der Waals surface area contributed by atoms with Crippen LogP contribution in [0.25, 0.3) is 6.08 Å². The van der Waals surface area contributed by atoms with Crippen molar-refractivity contribution in [2.24, 2.45) is 0 Å². The van der Waals surface area contributed by atoms with Gasteiger partial charge in [-0.15, -0.1) is 0 Å². The van der Waals surface area contributed by atoms with E-state index in [4.69, 9.17) is 16.3 Å². The van der Waals surface area contributed by atoms with E-state index in [1.165, 1.54) is 0 Å². The van der Waals surface area contributed by atoms with Crippen molar-refractivity contribution in [2.75, 3.05) is 37.7 Å². The molecule has 0 aromatic heterocycles. The van der Waals surface area contributed by atoms with Crippen molar-refractivity contribution in [3.05, 3.63) is 63.1 Å². The van der Waals surface area contributed by atoms with Crippen LogP contribution in [0.15, 0.2) is 52.5 Å². The van der Waals surface area contributed by atoms with Crippen LogP contribution in [0, 0.1) is 11.3 Å². The van der Waals surface area contributed by atoms with E-state index in [2.05, 4.69) is 33.0 Å². The largest absolute Gasteiger partial charge is 0.491 e. The van der Waals surface area contributed by atoms with E-state index in [0.717, 1.165) is 18.8 Å². The van der Waals surface area contributed by atoms with Crippen LogP contribution in [0.1, 0.15) is 12.5 Å². The average molecular weight is 475 g/mol.